The molecule has 0 aliphatic rings. The predicted molar refractivity (Wildman–Crippen MR) is 189 cm³/mol. The molecule has 5 aromatic carbocycles. The third-order valence-corrected chi connectivity index (χ3v) is 8.03. The van der Waals surface area contributed by atoms with Crippen LogP contribution in [0.3, 0.4) is 0 Å². The zero-order valence-electron chi connectivity index (χ0n) is 27.3. The van der Waals surface area contributed by atoms with Crippen LogP contribution in [0.5, 0.6) is 17.2 Å². The van der Waals surface area contributed by atoms with Crippen molar-refractivity contribution in [1.29, 1.82) is 0 Å². The molecule has 0 unspecified atom stereocenters. The minimum Gasteiger partial charge on any atom is -0.504 e. The Morgan fingerprint density at radius 3 is 1.52 bits per heavy atom. The van der Waals surface area contributed by atoms with E-state index in [9.17, 15) is 68.7 Å². The molecule has 5 rings (SSSR count). The molecule has 0 fully saturated rings. The molecule has 5 N–H and O–H groups in total. The maximum absolute atomic E-state index is 11.9. The Kier molecular flexibility index (Phi) is 10.9. The van der Waals surface area contributed by atoms with Crippen LogP contribution in [0.2, 0.25) is 0 Å². The number of nitrogens with zero attached hydrogens (tertiary/aromatic N) is 10. The summed E-state index contributed by atoms with van der Waals surface area (Å²) in [7, 11) is -4.89. The first-order valence-electron chi connectivity index (χ1n) is 14.8. The van der Waals surface area contributed by atoms with E-state index < -0.39 is 91.8 Å². The number of aromatic hydroxyl groups is 3. The third-order valence-electron chi connectivity index (χ3n) is 7.13. The minimum absolute atomic E-state index is 0.0181. The molecular formula is C30H19N11O14S. The second-order valence-corrected chi connectivity index (χ2v) is 12.2. The fraction of sp³-hybridized carbons (Fsp3) is 0. The van der Waals surface area contributed by atoms with Crippen LogP contribution in [-0.2, 0) is 10.1 Å². The highest BCUT2D eigenvalue weighted by atomic mass is 32.2. The van der Waals surface area contributed by atoms with Gasteiger partial charge in [0.05, 0.1) is 42.8 Å². The van der Waals surface area contributed by atoms with Gasteiger partial charge in [-0.25, -0.2) is 0 Å². The maximum Gasteiger partial charge on any atom is 0.319 e. The topological polar surface area (TPSA) is 374 Å². The SMILES string of the molecule is O=[N+]([O-])c1ccc(N=Nc2c(O)c(N=Nc3ccc(Nc4ccc([N+](=O)[O-])cc4S(=O)(=O)O)cc3)cc(N=Nc3cc([N+](=O)[O-])cc([N+](=O)[O-])c3O)c2O)cc1. The number of nitrogens with one attached hydrogen (secondary N) is 1. The molecule has 0 atom stereocenters. The maximum atomic E-state index is 11.9. The van der Waals surface area contributed by atoms with E-state index in [2.05, 4.69) is 36.0 Å². The molecule has 0 amide bonds. The first kappa shape index (κ1) is 38.8. The summed E-state index contributed by atoms with van der Waals surface area (Å²) in [4.78, 5) is 40.4. The van der Waals surface area contributed by atoms with E-state index in [1.165, 1.54) is 36.4 Å². The largest absolute Gasteiger partial charge is 0.504 e. The number of hydrogen-bond donors (Lipinski definition) is 5. The number of rotatable bonds is 13. The van der Waals surface area contributed by atoms with Crippen LogP contribution in [0.25, 0.3) is 0 Å². The molecule has 0 spiro atoms. The molecule has 0 saturated carbocycles. The van der Waals surface area contributed by atoms with Gasteiger partial charge in [-0.3, -0.25) is 45.0 Å². The van der Waals surface area contributed by atoms with Gasteiger partial charge in [0, 0.05) is 42.1 Å². The molecule has 0 aromatic heterocycles. The van der Waals surface area contributed by atoms with E-state index in [0.717, 1.165) is 30.3 Å². The number of non-ortho nitro benzene ring substituents is 3. The Morgan fingerprint density at radius 2 is 1.00 bits per heavy atom. The van der Waals surface area contributed by atoms with Crippen LogP contribution >= 0.6 is 0 Å². The summed E-state index contributed by atoms with van der Waals surface area (Å²) >= 11 is 0. The zero-order valence-corrected chi connectivity index (χ0v) is 28.2. The van der Waals surface area contributed by atoms with Crippen LogP contribution in [0.1, 0.15) is 0 Å². The van der Waals surface area contributed by atoms with E-state index in [4.69, 9.17) is 0 Å². The van der Waals surface area contributed by atoms with Gasteiger partial charge in [-0.15, -0.1) is 20.5 Å². The third kappa shape index (κ3) is 8.79. The molecule has 0 bridgehead atoms. The highest BCUT2D eigenvalue weighted by molar-refractivity contribution is 7.86. The standard InChI is InChI=1S/C30H19N11O14S/c42-28-22(11-20(40(49)50)12-25(28)41(51)52)35-36-24-14-23(29(43)27(30(24)44)37-33-17-5-7-18(8-6-17)38(45)46)34-32-16-3-1-15(2-4-16)31-21-10-9-19(39(47)48)13-26(21)56(53,54)55/h1-14,31,42-44H,(H,53,54,55). The lowest BCUT2D eigenvalue weighted by molar-refractivity contribution is -0.394. The van der Waals surface area contributed by atoms with Gasteiger partial charge in [-0.1, -0.05) is 0 Å². The van der Waals surface area contributed by atoms with E-state index in [0.29, 0.717) is 18.2 Å². The smallest absolute Gasteiger partial charge is 0.319 e. The number of nitro benzene ring substituents is 4. The lowest BCUT2D eigenvalue weighted by atomic mass is 10.2. The number of anilines is 2. The highest BCUT2D eigenvalue weighted by Crippen LogP contribution is 2.51. The summed E-state index contributed by atoms with van der Waals surface area (Å²) in [6.07, 6.45) is 0. The van der Waals surface area contributed by atoms with Crippen molar-refractivity contribution in [3.63, 3.8) is 0 Å². The van der Waals surface area contributed by atoms with E-state index >= 15 is 0 Å². The summed E-state index contributed by atoms with van der Waals surface area (Å²) in [5.74, 6) is -2.89. The summed E-state index contributed by atoms with van der Waals surface area (Å²) < 4.78 is 33.3. The molecule has 0 saturated heterocycles. The second-order valence-electron chi connectivity index (χ2n) is 10.8. The lowest BCUT2D eigenvalue weighted by Gasteiger charge is -2.10. The summed E-state index contributed by atoms with van der Waals surface area (Å²) in [5.41, 5.74) is -5.18. The zero-order chi connectivity index (χ0) is 40.9. The van der Waals surface area contributed by atoms with Crippen molar-refractivity contribution in [2.24, 2.45) is 30.7 Å². The van der Waals surface area contributed by atoms with Gasteiger partial charge in [0.1, 0.15) is 22.0 Å². The Hall–Kier alpha value is -8.39. The van der Waals surface area contributed by atoms with Crippen molar-refractivity contribution in [2.45, 2.75) is 4.90 Å². The fourth-order valence-electron chi connectivity index (χ4n) is 4.46. The molecule has 0 radical (unpaired) electrons. The summed E-state index contributed by atoms with van der Waals surface area (Å²) in [5, 5.41) is 103. The fourth-order valence-corrected chi connectivity index (χ4v) is 5.12. The lowest BCUT2D eigenvalue weighted by Crippen LogP contribution is -2.04. The Bertz CT molecular complexity index is 2640. The number of phenolic OH excluding ortho intramolecular Hbond substituents is 3. The van der Waals surface area contributed by atoms with Crippen LogP contribution in [0.15, 0.2) is 121 Å². The van der Waals surface area contributed by atoms with Crippen molar-refractivity contribution in [3.8, 4) is 17.2 Å². The molecule has 56 heavy (non-hydrogen) atoms. The van der Waals surface area contributed by atoms with Crippen LogP contribution in [0, 0.1) is 40.5 Å². The van der Waals surface area contributed by atoms with Crippen molar-refractivity contribution in [1.82, 2.24) is 0 Å². The number of phenols is 3. The second kappa shape index (κ2) is 15.7. The van der Waals surface area contributed by atoms with Gasteiger partial charge in [0.25, 0.3) is 27.2 Å². The van der Waals surface area contributed by atoms with Gasteiger partial charge in [0.15, 0.2) is 17.2 Å². The Balaban J connectivity index is 1.53. The van der Waals surface area contributed by atoms with Crippen LogP contribution < -0.4 is 5.32 Å². The molecule has 26 heteroatoms. The normalized spacial score (nSPS) is 11.7. The average Bonchev–Trinajstić information content (AvgIpc) is 3.14. The summed E-state index contributed by atoms with van der Waals surface area (Å²) in [6.45, 7) is 0. The van der Waals surface area contributed by atoms with Crippen molar-refractivity contribution in [3.05, 3.63) is 125 Å². The predicted octanol–water partition coefficient (Wildman–Crippen LogP) is 8.67. The van der Waals surface area contributed by atoms with Gasteiger partial charge in [-0.2, -0.15) is 18.6 Å². The van der Waals surface area contributed by atoms with Crippen LogP contribution in [-0.4, -0.2) is 48.0 Å². The quantitative estimate of drug-likeness (QED) is 0.0322. The number of azo groups is 3. The number of nitro groups is 4. The van der Waals surface area contributed by atoms with E-state index in [1.807, 2.05) is 0 Å². The summed E-state index contributed by atoms with van der Waals surface area (Å²) in [6, 6.07) is 14.8. The molecule has 0 aliphatic heterocycles. The highest BCUT2D eigenvalue weighted by Gasteiger charge is 2.25. The van der Waals surface area contributed by atoms with Crippen LogP contribution in [0.4, 0.5) is 68.2 Å². The molecule has 0 aliphatic carbocycles. The number of benzene rings is 5. The van der Waals surface area contributed by atoms with Crippen molar-refractivity contribution >= 4 is 78.4 Å². The molecule has 5 aromatic rings. The molecule has 0 heterocycles. The van der Waals surface area contributed by atoms with Gasteiger partial charge >= 0.3 is 5.69 Å². The average molecular weight is 790 g/mol. The Morgan fingerprint density at radius 1 is 0.518 bits per heavy atom. The monoisotopic (exact) mass is 789 g/mol. The first-order chi connectivity index (χ1) is 26.4. The Labute approximate surface area is 309 Å². The van der Waals surface area contributed by atoms with Gasteiger partial charge in [-0.05, 0) is 42.5 Å². The molecule has 25 nitrogen and oxygen atoms in total. The van der Waals surface area contributed by atoms with Gasteiger partial charge in [0.2, 0.25) is 5.75 Å². The number of hydrogen-bond acceptors (Lipinski definition) is 20. The molecule has 284 valence electrons. The first-order valence-corrected chi connectivity index (χ1v) is 16.2. The van der Waals surface area contributed by atoms with E-state index in [1.54, 1.807) is 0 Å². The van der Waals surface area contributed by atoms with Crippen molar-refractivity contribution < 1.29 is 48.0 Å². The van der Waals surface area contributed by atoms with Crippen molar-refractivity contribution in [2.75, 3.05) is 5.32 Å². The van der Waals surface area contributed by atoms with E-state index in [-0.39, 0.29) is 28.4 Å². The van der Waals surface area contributed by atoms with Gasteiger partial charge < -0.3 is 20.6 Å². The minimum atomic E-state index is -4.89. The molecular weight excluding hydrogens is 770 g/mol.